The smallest absolute Gasteiger partial charge is 0.170 e. The molecule has 0 aliphatic rings. The summed E-state index contributed by atoms with van der Waals surface area (Å²) < 4.78 is 24.6. The monoisotopic (exact) mass is 271 g/mol. The highest BCUT2D eigenvalue weighted by molar-refractivity contribution is 5.85. The quantitative estimate of drug-likeness (QED) is 0.788. The lowest BCUT2D eigenvalue weighted by Gasteiger charge is -2.06. The normalized spacial score (nSPS) is 10.9. The first kappa shape index (κ1) is 12.7. The Morgan fingerprint density at radius 2 is 1.95 bits per heavy atom. The highest BCUT2D eigenvalue weighted by atomic mass is 19.1. The maximum Gasteiger partial charge on any atom is 0.170 e. The molecule has 4 heteroatoms. The van der Waals surface area contributed by atoms with Crippen LogP contribution in [0.4, 0.5) is 4.39 Å². The van der Waals surface area contributed by atoms with Gasteiger partial charge in [0.05, 0.1) is 11.9 Å². The van der Waals surface area contributed by atoms with Crippen LogP contribution in [-0.4, -0.2) is 0 Å². The fraction of sp³-hybridized carbons (Fsp3) is 0.125. The summed E-state index contributed by atoms with van der Waals surface area (Å²) in [4.78, 5) is 0. The van der Waals surface area contributed by atoms with E-state index in [1.165, 1.54) is 12.1 Å². The Labute approximate surface area is 115 Å². The predicted molar refractivity (Wildman–Crippen MR) is 74.8 cm³/mol. The number of halogens is 1. The molecule has 0 unspecified atom stereocenters. The van der Waals surface area contributed by atoms with Gasteiger partial charge in [-0.2, -0.15) is 0 Å². The average Bonchev–Trinajstić information content (AvgIpc) is 2.83. The van der Waals surface area contributed by atoms with E-state index in [2.05, 4.69) is 0 Å². The summed E-state index contributed by atoms with van der Waals surface area (Å²) in [7, 11) is 0. The van der Waals surface area contributed by atoms with Gasteiger partial charge in [-0.25, -0.2) is 4.39 Å². The molecule has 0 spiro atoms. The molecule has 1 aromatic heterocycles. The van der Waals surface area contributed by atoms with Crippen molar-refractivity contribution in [1.29, 1.82) is 0 Å². The fourth-order valence-corrected chi connectivity index (χ4v) is 2.15. The van der Waals surface area contributed by atoms with Crippen LogP contribution in [0.5, 0.6) is 5.75 Å². The number of hydrogen-bond donors (Lipinski definition) is 1. The first-order valence-electron chi connectivity index (χ1n) is 6.35. The van der Waals surface area contributed by atoms with Gasteiger partial charge in [0.2, 0.25) is 0 Å². The van der Waals surface area contributed by atoms with Crippen LogP contribution < -0.4 is 10.5 Å². The van der Waals surface area contributed by atoms with Gasteiger partial charge >= 0.3 is 0 Å². The predicted octanol–water partition coefficient (Wildman–Crippen LogP) is 3.61. The lowest BCUT2D eigenvalue weighted by atomic mass is 10.2. The zero-order chi connectivity index (χ0) is 13.9. The second-order valence-electron chi connectivity index (χ2n) is 4.47. The van der Waals surface area contributed by atoms with Crippen molar-refractivity contribution in [2.75, 3.05) is 0 Å². The van der Waals surface area contributed by atoms with Crippen LogP contribution in [0.3, 0.4) is 0 Å². The molecule has 20 heavy (non-hydrogen) atoms. The largest absolute Gasteiger partial charge is 0.485 e. The Morgan fingerprint density at radius 1 is 1.10 bits per heavy atom. The van der Waals surface area contributed by atoms with Gasteiger partial charge in [0, 0.05) is 0 Å². The number of furan rings is 1. The van der Waals surface area contributed by atoms with E-state index in [0.29, 0.717) is 11.5 Å². The Bertz CT molecular complexity index is 736. The van der Waals surface area contributed by atoms with E-state index in [1.54, 1.807) is 6.07 Å². The van der Waals surface area contributed by atoms with Crippen molar-refractivity contribution in [3.8, 4) is 5.75 Å². The molecule has 0 aliphatic carbocycles. The number of nitrogens with two attached hydrogens (primary N) is 1. The molecule has 0 aliphatic heterocycles. The van der Waals surface area contributed by atoms with Gasteiger partial charge < -0.3 is 14.9 Å². The van der Waals surface area contributed by atoms with E-state index in [0.717, 1.165) is 16.5 Å². The van der Waals surface area contributed by atoms with Gasteiger partial charge in [0.25, 0.3) is 0 Å². The highest BCUT2D eigenvalue weighted by Gasteiger charge is 2.14. The van der Waals surface area contributed by atoms with Gasteiger partial charge in [-0.15, -0.1) is 0 Å². The lowest BCUT2D eigenvalue weighted by Crippen LogP contribution is -2.00. The Hall–Kier alpha value is -2.33. The lowest BCUT2D eigenvalue weighted by molar-refractivity contribution is 0.298. The molecule has 0 atom stereocenters. The van der Waals surface area contributed by atoms with Gasteiger partial charge in [-0.1, -0.05) is 24.3 Å². The van der Waals surface area contributed by atoms with Crippen LogP contribution in [0, 0.1) is 5.82 Å². The molecule has 2 N–H and O–H groups in total. The minimum atomic E-state index is -0.276. The van der Waals surface area contributed by atoms with Crippen molar-refractivity contribution < 1.29 is 13.5 Å². The molecular weight excluding hydrogens is 257 g/mol. The summed E-state index contributed by atoms with van der Waals surface area (Å²) >= 11 is 0. The summed E-state index contributed by atoms with van der Waals surface area (Å²) in [5.74, 6) is 0.956. The SMILES string of the molecule is NCc1oc2ccccc2c1OCc1cccc(F)c1. The van der Waals surface area contributed by atoms with Crippen molar-refractivity contribution in [3.05, 3.63) is 65.7 Å². The van der Waals surface area contributed by atoms with Crippen molar-refractivity contribution >= 4 is 11.0 Å². The van der Waals surface area contributed by atoms with Gasteiger partial charge in [0.15, 0.2) is 11.5 Å². The Morgan fingerprint density at radius 3 is 2.75 bits per heavy atom. The van der Waals surface area contributed by atoms with E-state index in [4.69, 9.17) is 14.9 Å². The molecule has 1 heterocycles. The zero-order valence-corrected chi connectivity index (χ0v) is 10.8. The van der Waals surface area contributed by atoms with E-state index >= 15 is 0 Å². The molecule has 102 valence electrons. The second kappa shape index (κ2) is 5.35. The molecule has 0 saturated carbocycles. The van der Waals surface area contributed by atoms with Crippen molar-refractivity contribution in [2.45, 2.75) is 13.2 Å². The van der Waals surface area contributed by atoms with Crippen molar-refractivity contribution in [1.82, 2.24) is 0 Å². The third-order valence-electron chi connectivity index (χ3n) is 3.08. The Balaban J connectivity index is 1.90. The number of rotatable bonds is 4. The molecule has 0 bridgehead atoms. The average molecular weight is 271 g/mol. The highest BCUT2D eigenvalue weighted by Crippen LogP contribution is 2.33. The van der Waals surface area contributed by atoms with Crippen LogP contribution in [-0.2, 0) is 13.2 Å². The molecule has 3 nitrogen and oxygen atoms in total. The number of hydrogen-bond acceptors (Lipinski definition) is 3. The minimum absolute atomic E-state index is 0.257. The summed E-state index contributed by atoms with van der Waals surface area (Å²) in [6, 6.07) is 13.9. The van der Waals surface area contributed by atoms with E-state index < -0.39 is 0 Å². The summed E-state index contributed by atoms with van der Waals surface area (Å²) in [5.41, 5.74) is 7.17. The van der Waals surface area contributed by atoms with Gasteiger partial charge in [-0.05, 0) is 29.8 Å². The van der Waals surface area contributed by atoms with Crippen LogP contribution in [0.15, 0.2) is 52.9 Å². The molecular formula is C16H14FNO2. The van der Waals surface area contributed by atoms with Crippen LogP contribution in [0.1, 0.15) is 11.3 Å². The Kier molecular flexibility index (Phi) is 3.39. The number of fused-ring (bicyclic) bond motifs is 1. The summed E-state index contributed by atoms with van der Waals surface area (Å²) in [5, 5.41) is 0.879. The van der Waals surface area contributed by atoms with E-state index in [-0.39, 0.29) is 19.0 Å². The van der Waals surface area contributed by atoms with E-state index in [1.807, 2.05) is 30.3 Å². The first-order valence-corrected chi connectivity index (χ1v) is 6.35. The van der Waals surface area contributed by atoms with Crippen LogP contribution >= 0.6 is 0 Å². The third-order valence-corrected chi connectivity index (χ3v) is 3.08. The van der Waals surface area contributed by atoms with E-state index in [9.17, 15) is 4.39 Å². The molecule has 3 aromatic rings. The summed E-state index contributed by atoms with van der Waals surface area (Å²) in [6.07, 6.45) is 0. The fourth-order valence-electron chi connectivity index (χ4n) is 2.15. The first-order chi connectivity index (χ1) is 9.78. The molecule has 2 aromatic carbocycles. The zero-order valence-electron chi connectivity index (χ0n) is 10.8. The minimum Gasteiger partial charge on any atom is -0.485 e. The summed E-state index contributed by atoms with van der Waals surface area (Å²) in [6.45, 7) is 0.529. The maximum absolute atomic E-state index is 13.1. The van der Waals surface area contributed by atoms with Crippen LogP contribution in [0.2, 0.25) is 0 Å². The van der Waals surface area contributed by atoms with Crippen molar-refractivity contribution in [3.63, 3.8) is 0 Å². The number of para-hydroxylation sites is 1. The van der Waals surface area contributed by atoms with Crippen molar-refractivity contribution in [2.24, 2.45) is 5.73 Å². The maximum atomic E-state index is 13.1. The van der Waals surface area contributed by atoms with Gasteiger partial charge in [-0.3, -0.25) is 0 Å². The number of benzene rings is 2. The molecule has 3 rings (SSSR count). The molecule has 0 amide bonds. The molecule has 0 radical (unpaired) electrons. The standard InChI is InChI=1S/C16H14FNO2/c17-12-5-3-4-11(8-12)10-19-16-13-6-1-2-7-14(13)20-15(16)9-18/h1-8H,9-10,18H2. The molecule has 0 saturated heterocycles. The number of ether oxygens (including phenoxy) is 1. The van der Waals surface area contributed by atoms with Crippen LogP contribution in [0.25, 0.3) is 11.0 Å². The third kappa shape index (κ3) is 2.38. The molecule has 0 fully saturated rings. The topological polar surface area (TPSA) is 48.4 Å². The van der Waals surface area contributed by atoms with Gasteiger partial charge in [0.1, 0.15) is 18.0 Å². The second-order valence-corrected chi connectivity index (χ2v) is 4.47.